The largest absolute Gasteiger partial charge is 0.493 e. The lowest BCUT2D eigenvalue weighted by Crippen LogP contribution is -2.26. The van der Waals surface area contributed by atoms with Gasteiger partial charge in [0, 0.05) is 23.7 Å². The van der Waals surface area contributed by atoms with Crippen LogP contribution in [0.5, 0.6) is 5.75 Å². The predicted molar refractivity (Wildman–Crippen MR) is 126 cm³/mol. The summed E-state index contributed by atoms with van der Waals surface area (Å²) in [5, 5.41) is 6.63. The SMILES string of the molecule is CCc1cc(=O)n2nc(-c3ccc4c(c3)CCO4)nc2n1CC(=O)Nc1ccc(C(F)(F)F)cc1Cl. The molecule has 1 N–H and O–H groups in total. The minimum Gasteiger partial charge on any atom is -0.493 e. The predicted octanol–water partition coefficient (Wildman–Crippen LogP) is 4.37. The highest BCUT2D eigenvalue weighted by Gasteiger charge is 2.31. The molecule has 0 saturated heterocycles. The van der Waals surface area contributed by atoms with Crippen molar-refractivity contribution in [3.63, 3.8) is 0 Å². The maximum absolute atomic E-state index is 12.9. The van der Waals surface area contributed by atoms with Crippen molar-refractivity contribution < 1.29 is 22.7 Å². The average Bonchev–Trinajstić information content (AvgIpc) is 3.48. The van der Waals surface area contributed by atoms with E-state index in [0.29, 0.717) is 30.1 Å². The lowest BCUT2D eigenvalue weighted by Gasteiger charge is -2.14. The van der Waals surface area contributed by atoms with Gasteiger partial charge in [-0.2, -0.15) is 22.7 Å². The fourth-order valence-electron chi connectivity index (χ4n) is 4.08. The Morgan fingerprint density at radius 3 is 2.72 bits per heavy atom. The minimum absolute atomic E-state index is 0.0345. The van der Waals surface area contributed by atoms with Crippen LogP contribution in [0.25, 0.3) is 17.2 Å². The number of hydrogen-bond acceptors (Lipinski definition) is 5. The van der Waals surface area contributed by atoms with Gasteiger partial charge in [-0.05, 0) is 48.4 Å². The number of benzene rings is 2. The number of halogens is 4. The number of hydrogen-bond donors (Lipinski definition) is 1. The van der Waals surface area contributed by atoms with Crippen molar-refractivity contribution in [2.45, 2.75) is 32.5 Å². The van der Waals surface area contributed by atoms with Crippen LogP contribution in [0.4, 0.5) is 18.9 Å². The molecule has 1 amide bonds. The van der Waals surface area contributed by atoms with Gasteiger partial charge in [-0.1, -0.05) is 18.5 Å². The van der Waals surface area contributed by atoms with Crippen LogP contribution < -0.4 is 15.6 Å². The van der Waals surface area contributed by atoms with Gasteiger partial charge in [0.1, 0.15) is 12.3 Å². The first-order valence-electron chi connectivity index (χ1n) is 11.1. The van der Waals surface area contributed by atoms with E-state index in [-0.39, 0.29) is 23.0 Å². The number of anilines is 1. The lowest BCUT2D eigenvalue weighted by atomic mass is 10.1. The molecule has 2 aromatic heterocycles. The molecule has 8 nitrogen and oxygen atoms in total. The molecular weight excluding hydrogens is 499 g/mol. The topological polar surface area (TPSA) is 90.5 Å². The monoisotopic (exact) mass is 517 g/mol. The van der Waals surface area contributed by atoms with E-state index in [9.17, 15) is 22.8 Å². The molecule has 12 heteroatoms. The zero-order chi connectivity index (χ0) is 25.6. The number of carbonyl (C=O) groups excluding carboxylic acids is 1. The molecule has 0 atom stereocenters. The number of rotatable bonds is 5. The molecule has 0 spiro atoms. The molecule has 0 bridgehead atoms. The smallest absolute Gasteiger partial charge is 0.416 e. The number of fused-ring (bicyclic) bond motifs is 2. The van der Waals surface area contributed by atoms with E-state index in [1.165, 1.54) is 6.07 Å². The van der Waals surface area contributed by atoms with Gasteiger partial charge in [-0.3, -0.25) is 9.59 Å². The number of amides is 1. The summed E-state index contributed by atoms with van der Waals surface area (Å²) in [6.45, 7) is 2.16. The van der Waals surface area contributed by atoms with E-state index in [2.05, 4.69) is 15.4 Å². The summed E-state index contributed by atoms with van der Waals surface area (Å²) in [7, 11) is 0. The van der Waals surface area contributed by atoms with Crippen LogP contribution in [-0.2, 0) is 30.4 Å². The van der Waals surface area contributed by atoms with Crippen molar-refractivity contribution in [3.05, 3.63) is 74.7 Å². The van der Waals surface area contributed by atoms with Crippen LogP contribution >= 0.6 is 11.6 Å². The van der Waals surface area contributed by atoms with Gasteiger partial charge in [0.2, 0.25) is 11.7 Å². The van der Waals surface area contributed by atoms with Gasteiger partial charge in [-0.15, -0.1) is 5.10 Å². The fourth-order valence-corrected chi connectivity index (χ4v) is 4.30. The number of aromatic nitrogens is 4. The van der Waals surface area contributed by atoms with E-state index in [4.69, 9.17) is 16.3 Å². The summed E-state index contributed by atoms with van der Waals surface area (Å²) in [5.74, 6) is 0.722. The molecule has 0 fully saturated rings. The Morgan fingerprint density at radius 1 is 1.19 bits per heavy atom. The van der Waals surface area contributed by atoms with Gasteiger partial charge in [0.05, 0.1) is 22.9 Å². The third-order valence-electron chi connectivity index (χ3n) is 5.86. The highest BCUT2D eigenvalue weighted by Crippen LogP contribution is 2.34. The summed E-state index contributed by atoms with van der Waals surface area (Å²) in [6.07, 6.45) is -3.37. The molecule has 36 heavy (non-hydrogen) atoms. The summed E-state index contributed by atoms with van der Waals surface area (Å²) in [5.41, 5.74) is 0.980. The third-order valence-corrected chi connectivity index (χ3v) is 6.17. The molecule has 0 saturated carbocycles. The Bertz CT molecular complexity index is 1560. The van der Waals surface area contributed by atoms with Crippen molar-refractivity contribution in [3.8, 4) is 17.1 Å². The summed E-state index contributed by atoms with van der Waals surface area (Å²) < 4.78 is 46.9. The van der Waals surface area contributed by atoms with E-state index in [1.807, 2.05) is 19.1 Å². The van der Waals surface area contributed by atoms with Crippen LogP contribution in [0.2, 0.25) is 5.02 Å². The van der Waals surface area contributed by atoms with Crippen molar-refractivity contribution >= 4 is 29.0 Å². The zero-order valence-corrected chi connectivity index (χ0v) is 19.7. The summed E-state index contributed by atoms with van der Waals surface area (Å²) in [4.78, 5) is 30.1. The minimum atomic E-state index is -4.55. The fraction of sp³-hybridized carbons (Fsp3) is 0.250. The lowest BCUT2D eigenvalue weighted by molar-refractivity contribution is -0.137. The molecule has 4 aromatic rings. The number of carbonyl (C=O) groups is 1. The second-order valence-corrected chi connectivity index (χ2v) is 8.63. The summed E-state index contributed by atoms with van der Waals surface area (Å²) in [6, 6.07) is 9.59. The molecule has 1 aliphatic rings. The van der Waals surface area contributed by atoms with E-state index in [1.54, 1.807) is 10.6 Å². The first kappa shape index (κ1) is 23.9. The molecule has 3 heterocycles. The zero-order valence-electron chi connectivity index (χ0n) is 18.9. The van der Waals surface area contributed by atoms with Gasteiger partial charge in [0.25, 0.3) is 5.56 Å². The van der Waals surface area contributed by atoms with Crippen molar-refractivity contribution in [2.24, 2.45) is 0 Å². The van der Waals surface area contributed by atoms with E-state index < -0.39 is 23.2 Å². The van der Waals surface area contributed by atoms with Gasteiger partial charge >= 0.3 is 6.18 Å². The Balaban J connectivity index is 1.48. The molecule has 186 valence electrons. The van der Waals surface area contributed by atoms with Crippen molar-refractivity contribution in [1.29, 1.82) is 0 Å². The number of ether oxygens (including phenoxy) is 1. The van der Waals surface area contributed by atoms with E-state index >= 15 is 0 Å². The van der Waals surface area contributed by atoms with Gasteiger partial charge < -0.3 is 14.6 Å². The van der Waals surface area contributed by atoms with Crippen LogP contribution in [0.3, 0.4) is 0 Å². The first-order chi connectivity index (χ1) is 17.1. The molecule has 0 radical (unpaired) electrons. The summed E-state index contributed by atoms with van der Waals surface area (Å²) >= 11 is 5.97. The number of alkyl halides is 3. The average molecular weight is 518 g/mol. The highest BCUT2D eigenvalue weighted by atomic mass is 35.5. The maximum atomic E-state index is 12.9. The Kier molecular flexibility index (Phi) is 5.95. The quantitative estimate of drug-likeness (QED) is 0.425. The second kappa shape index (κ2) is 8.98. The first-order valence-corrected chi connectivity index (χ1v) is 11.4. The Hall–Kier alpha value is -3.86. The Morgan fingerprint density at radius 2 is 2.00 bits per heavy atom. The van der Waals surface area contributed by atoms with Crippen LogP contribution in [-0.4, -0.2) is 31.7 Å². The van der Waals surface area contributed by atoms with Crippen LogP contribution in [0, 0.1) is 0 Å². The van der Waals surface area contributed by atoms with Gasteiger partial charge in [-0.25, -0.2) is 0 Å². The normalized spacial score (nSPS) is 13.0. The maximum Gasteiger partial charge on any atom is 0.416 e. The van der Waals surface area contributed by atoms with E-state index in [0.717, 1.165) is 40.4 Å². The molecular formula is C24H19ClF3N5O3. The van der Waals surface area contributed by atoms with Crippen molar-refractivity contribution in [1.82, 2.24) is 19.2 Å². The molecule has 1 aliphatic heterocycles. The standard InChI is InChI=1S/C24H19ClF3N5O3/c1-2-16-11-21(35)33-23(30-22(31-33)14-3-6-19-13(9-14)7-8-36-19)32(16)12-20(34)29-18-5-4-15(10-17(18)25)24(26,27)28/h3-6,9-11H,2,7-8,12H2,1H3,(H,29,34). The Labute approximate surface area is 207 Å². The van der Waals surface area contributed by atoms with Gasteiger partial charge in [0.15, 0.2) is 5.82 Å². The molecule has 0 unspecified atom stereocenters. The highest BCUT2D eigenvalue weighted by molar-refractivity contribution is 6.33. The number of nitrogens with one attached hydrogen (secondary N) is 1. The third kappa shape index (κ3) is 4.41. The van der Waals surface area contributed by atoms with Crippen LogP contribution in [0.15, 0.2) is 47.3 Å². The van der Waals surface area contributed by atoms with Crippen molar-refractivity contribution in [2.75, 3.05) is 11.9 Å². The molecule has 0 aliphatic carbocycles. The molecule has 2 aromatic carbocycles. The number of aryl methyl sites for hydroxylation is 1. The number of nitrogens with zero attached hydrogens (tertiary/aromatic N) is 4. The molecule has 5 rings (SSSR count). The van der Waals surface area contributed by atoms with Crippen LogP contribution in [0.1, 0.15) is 23.7 Å². The second-order valence-electron chi connectivity index (χ2n) is 8.22.